The van der Waals surface area contributed by atoms with Crippen LogP contribution in [0.4, 0.5) is 34.1 Å². The van der Waals surface area contributed by atoms with Crippen molar-refractivity contribution in [2.24, 2.45) is 0 Å². The molecule has 3 heterocycles. The smallest absolute Gasteiger partial charge is 0.297 e. The van der Waals surface area contributed by atoms with Gasteiger partial charge in [-0.15, -0.1) is 0 Å². The van der Waals surface area contributed by atoms with E-state index < -0.39 is 16.1 Å². The topological polar surface area (TPSA) is 19.6 Å². The van der Waals surface area contributed by atoms with Gasteiger partial charge in [0.25, 0.3) is 6.71 Å². The maximum Gasteiger partial charge on any atom is 0.297 e. The molecule has 3 nitrogen and oxygen atoms in total. The number of anilines is 6. The number of furan rings is 1. The third-order valence-electron chi connectivity index (χ3n) is 13.6. The predicted octanol–water partition coefficient (Wildman–Crippen LogP) is 11.6. The molecular weight excluding hydrogens is 724 g/mol. The summed E-state index contributed by atoms with van der Waals surface area (Å²) in [5, 5.41) is 4.14. The van der Waals surface area contributed by atoms with E-state index in [1.165, 1.54) is 95.9 Å². The summed E-state index contributed by atoms with van der Waals surface area (Å²) in [6.45, 7) is 33.6. The summed E-state index contributed by atoms with van der Waals surface area (Å²) in [5.41, 5.74) is 17.7. The van der Waals surface area contributed by atoms with Crippen LogP contribution in [0.1, 0.15) is 83.6 Å². The molecule has 0 saturated carbocycles. The Balaban J connectivity index is 1.40. The average Bonchev–Trinajstić information content (AvgIpc) is 3.50. The van der Waals surface area contributed by atoms with Gasteiger partial charge in [0.15, 0.2) is 0 Å². The van der Waals surface area contributed by atoms with Crippen LogP contribution in [0, 0.1) is 6.92 Å². The highest BCUT2D eigenvalue weighted by Crippen LogP contribution is 2.51. The molecule has 0 amide bonds. The van der Waals surface area contributed by atoms with Crippen LogP contribution in [0.3, 0.4) is 0 Å². The van der Waals surface area contributed by atoms with Crippen LogP contribution in [-0.2, 0) is 16.2 Å². The van der Waals surface area contributed by atoms with E-state index in [0.29, 0.717) is 0 Å². The molecule has 0 saturated heterocycles. The maximum absolute atomic E-state index is 7.31. The van der Waals surface area contributed by atoms with Crippen molar-refractivity contribution in [1.82, 2.24) is 0 Å². The molecule has 1 aliphatic carbocycles. The first-order chi connectivity index (χ1) is 26.5. The number of benzene rings is 5. The van der Waals surface area contributed by atoms with Crippen LogP contribution in [-0.4, -0.2) is 22.9 Å². The first-order valence-electron chi connectivity index (χ1n) is 21.3. The van der Waals surface area contributed by atoms with Crippen molar-refractivity contribution in [3.8, 4) is 0 Å². The Bertz CT molecular complexity index is 2600. The highest BCUT2D eigenvalue weighted by molar-refractivity contribution is 7.00. The van der Waals surface area contributed by atoms with Gasteiger partial charge in [-0.25, -0.2) is 0 Å². The monoisotopic (exact) mass is 784 g/mol. The van der Waals surface area contributed by atoms with E-state index in [1.807, 2.05) is 0 Å². The molecule has 2 aliphatic heterocycles. The third-order valence-corrected chi connectivity index (χ3v) is 17.8. The van der Waals surface area contributed by atoms with Gasteiger partial charge in [0.2, 0.25) is 0 Å². The Morgan fingerprint density at radius 1 is 0.614 bits per heavy atom. The lowest BCUT2D eigenvalue weighted by atomic mass is 9.35. The van der Waals surface area contributed by atoms with Crippen molar-refractivity contribution in [3.63, 3.8) is 0 Å². The van der Waals surface area contributed by atoms with Gasteiger partial charge >= 0.3 is 0 Å². The quantitative estimate of drug-likeness (QED) is 0.166. The zero-order valence-corrected chi connectivity index (χ0v) is 39.0. The van der Waals surface area contributed by atoms with E-state index in [2.05, 4.69) is 195 Å². The Morgan fingerprint density at radius 2 is 1.12 bits per heavy atom. The van der Waals surface area contributed by atoms with Gasteiger partial charge < -0.3 is 14.2 Å². The van der Waals surface area contributed by atoms with Crippen molar-refractivity contribution in [2.45, 2.75) is 124 Å². The highest BCUT2D eigenvalue weighted by atomic mass is 28.3. The van der Waals surface area contributed by atoms with Crippen molar-refractivity contribution in [1.29, 1.82) is 0 Å². The molecular formula is C51H61BN2OSi2. The van der Waals surface area contributed by atoms with E-state index in [0.717, 1.165) is 11.2 Å². The molecule has 1 aromatic heterocycles. The highest BCUT2D eigenvalue weighted by Gasteiger charge is 2.49. The number of hydrogen-bond acceptors (Lipinski definition) is 3. The van der Waals surface area contributed by atoms with E-state index >= 15 is 0 Å². The SMILES string of the molecule is Cc1cc2c3c(c1)N(c1ccc([Si](C)(C)C)cc1)c1c(oc4ccc(C(C)(C)C)cc14)B3c1cc3c(cc1N2c1ccc([Si](C)(C)C)cc1)C(C)(C)CCC3(C)C. The maximum atomic E-state index is 7.31. The second kappa shape index (κ2) is 12.4. The second-order valence-corrected chi connectivity index (χ2v) is 32.1. The summed E-state index contributed by atoms with van der Waals surface area (Å²) in [6.07, 6.45) is 2.35. The minimum atomic E-state index is -1.51. The number of fused-ring (bicyclic) bond motifs is 7. The molecule has 57 heavy (non-hydrogen) atoms. The Hall–Kier alpha value is -4.26. The van der Waals surface area contributed by atoms with Gasteiger partial charge in [-0.05, 0) is 124 Å². The van der Waals surface area contributed by atoms with Gasteiger partial charge in [-0.2, -0.15) is 0 Å². The van der Waals surface area contributed by atoms with Crippen LogP contribution in [0.2, 0.25) is 39.3 Å². The van der Waals surface area contributed by atoms with Gasteiger partial charge in [-0.1, -0.05) is 135 Å². The molecule has 0 bridgehead atoms. The van der Waals surface area contributed by atoms with Gasteiger partial charge in [0.1, 0.15) is 5.58 Å². The molecule has 0 N–H and O–H groups in total. The van der Waals surface area contributed by atoms with Crippen LogP contribution in [0.5, 0.6) is 0 Å². The largest absolute Gasteiger partial charge is 0.468 e. The molecule has 0 spiro atoms. The number of rotatable bonds is 4. The molecule has 5 aromatic carbocycles. The lowest BCUT2D eigenvalue weighted by Gasteiger charge is -2.46. The summed E-state index contributed by atoms with van der Waals surface area (Å²) in [5.74, 6) is 0. The van der Waals surface area contributed by atoms with E-state index in [4.69, 9.17) is 4.42 Å². The summed E-state index contributed by atoms with van der Waals surface area (Å²) >= 11 is 0. The number of aryl methyl sites for hydroxylation is 1. The zero-order chi connectivity index (χ0) is 40.8. The summed E-state index contributed by atoms with van der Waals surface area (Å²) in [4.78, 5) is 5.15. The Morgan fingerprint density at radius 3 is 1.65 bits per heavy atom. The lowest BCUT2D eigenvalue weighted by Crippen LogP contribution is -2.61. The molecule has 9 rings (SSSR count). The van der Waals surface area contributed by atoms with Gasteiger partial charge in [-0.3, -0.25) is 0 Å². The molecule has 292 valence electrons. The fourth-order valence-electron chi connectivity index (χ4n) is 9.91. The summed E-state index contributed by atoms with van der Waals surface area (Å²) < 4.78 is 7.31. The molecule has 0 atom stereocenters. The number of hydrogen-bond donors (Lipinski definition) is 0. The third kappa shape index (κ3) is 6.03. The molecule has 6 aromatic rings. The van der Waals surface area contributed by atoms with Crippen molar-refractivity contribution >= 4 is 94.9 Å². The Kier molecular flexibility index (Phi) is 8.31. The minimum absolute atomic E-state index is 0.00109. The van der Waals surface area contributed by atoms with Crippen molar-refractivity contribution in [2.75, 3.05) is 9.80 Å². The van der Waals surface area contributed by atoms with Crippen molar-refractivity contribution in [3.05, 3.63) is 113 Å². The summed E-state index contributed by atoms with van der Waals surface area (Å²) in [6, 6.07) is 36.1. The van der Waals surface area contributed by atoms with E-state index in [9.17, 15) is 0 Å². The predicted molar refractivity (Wildman–Crippen MR) is 255 cm³/mol. The van der Waals surface area contributed by atoms with Crippen molar-refractivity contribution < 1.29 is 4.42 Å². The molecule has 0 fully saturated rings. The first kappa shape index (κ1) is 38.3. The van der Waals surface area contributed by atoms with Gasteiger partial charge in [0, 0.05) is 33.8 Å². The summed E-state index contributed by atoms with van der Waals surface area (Å²) in [7, 11) is -3.01. The minimum Gasteiger partial charge on any atom is -0.468 e. The first-order valence-corrected chi connectivity index (χ1v) is 28.3. The van der Waals surface area contributed by atoms with Crippen LogP contribution in [0.25, 0.3) is 11.0 Å². The lowest BCUT2D eigenvalue weighted by molar-refractivity contribution is 0.332. The average molecular weight is 785 g/mol. The molecule has 3 aliphatic rings. The van der Waals surface area contributed by atoms with E-state index in [1.54, 1.807) is 0 Å². The normalized spacial score (nSPS) is 17.0. The fourth-order valence-corrected chi connectivity index (χ4v) is 12.2. The molecule has 6 heteroatoms. The van der Waals surface area contributed by atoms with Gasteiger partial charge in [0.05, 0.1) is 27.5 Å². The number of nitrogens with zero attached hydrogens (tertiary/aromatic N) is 2. The standard InChI is InChI=1S/C51H61BN2OSi2/c1-32-27-43-46-44(28-32)54(35-18-22-37(23-19-35)57(12,13)14)47-38-29-33(49(2,3)4)15-24-45(38)55-48(47)52(46)41-30-39-40(51(7,8)26-25-50(39,5)6)31-42(41)53(43)34-16-20-36(21-17-34)56(9,10)11/h15-24,27-31H,25-26H2,1-14H3. The Labute approximate surface area is 344 Å². The van der Waals surface area contributed by atoms with Crippen LogP contribution >= 0.6 is 0 Å². The second-order valence-electron chi connectivity index (χ2n) is 21.9. The van der Waals surface area contributed by atoms with Crippen LogP contribution in [0.15, 0.2) is 95.4 Å². The molecule has 0 radical (unpaired) electrons. The fraction of sp³-hybridized carbons (Fsp3) is 0.373. The van der Waals surface area contributed by atoms with Crippen LogP contribution < -0.4 is 36.8 Å². The molecule has 0 unspecified atom stereocenters. The van der Waals surface area contributed by atoms with E-state index in [-0.39, 0.29) is 23.0 Å². The zero-order valence-electron chi connectivity index (χ0n) is 37.0.